The van der Waals surface area contributed by atoms with Gasteiger partial charge in [0.15, 0.2) is 5.13 Å². The van der Waals surface area contributed by atoms with Gasteiger partial charge in [-0.1, -0.05) is 0 Å². The highest BCUT2D eigenvalue weighted by molar-refractivity contribution is 7.13. The SMILES string of the molecule is O=C(CN(CCCCO)C1CC1)Nc1nccs1. The lowest BCUT2D eigenvalue weighted by molar-refractivity contribution is -0.117. The number of unbranched alkanes of at least 4 members (excludes halogenated alkanes) is 1. The number of aromatic nitrogens is 1. The number of carbonyl (C=O) groups excluding carboxylic acids is 1. The molecule has 5 nitrogen and oxygen atoms in total. The molecule has 1 aromatic rings. The Labute approximate surface area is 111 Å². The molecule has 1 fully saturated rings. The smallest absolute Gasteiger partial charge is 0.240 e. The van der Waals surface area contributed by atoms with Gasteiger partial charge in [-0.2, -0.15) is 0 Å². The van der Waals surface area contributed by atoms with E-state index in [4.69, 9.17) is 5.11 Å². The van der Waals surface area contributed by atoms with E-state index in [-0.39, 0.29) is 12.5 Å². The third kappa shape index (κ3) is 4.36. The Balaban J connectivity index is 1.75. The van der Waals surface area contributed by atoms with E-state index >= 15 is 0 Å². The van der Waals surface area contributed by atoms with E-state index < -0.39 is 0 Å². The van der Waals surface area contributed by atoms with Crippen molar-refractivity contribution in [2.45, 2.75) is 31.7 Å². The summed E-state index contributed by atoms with van der Waals surface area (Å²) in [5.41, 5.74) is 0. The lowest BCUT2D eigenvalue weighted by Gasteiger charge is -2.20. The fourth-order valence-electron chi connectivity index (χ4n) is 1.89. The van der Waals surface area contributed by atoms with E-state index in [1.807, 2.05) is 5.38 Å². The van der Waals surface area contributed by atoms with Gasteiger partial charge >= 0.3 is 0 Å². The van der Waals surface area contributed by atoms with Gasteiger partial charge in [-0.25, -0.2) is 4.98 Å². The largest absolute Gasteiger partial charge is 0.396 e. The van der Waals surface area contributed by atoms with Crippen LogP contribution < -0.4 is 5.32 Å². The van der Waals surface area contributed by atoms with E-state index in [0.717, 1.165) is 19.4 Å². The summed E-state index contributed by atoms with van der Waals surface area (Å²) in [5.74, 6) is 0.000786. The van der Waals surface area contributed by atoms with Crippen molar-refractivity contribution >= 4 is 22.4 Å². The van der Waals surface area contributed by atoms with Crippen LogP contribution in [0.25, 0.3) is 0 Å². The van der Waals surface area contributed by atoms with E-state index in [1.54, 1.807) is 6.20 Å². The molecule has 0 saturated heterocycles. The first-order chi connectivity index (χ1) is 8.79. The van der Waals surface area contributed by atoms with Gasteiger partial charge in [-0.05, 0) is 32.2 Å². The first kappa shape index (κ1) is 13.5. The van der Waals surface area contributed by atoms with Gasteiger partial charge in [0, 0.05) is 24.2 Å². The molecule has 1 amide bonds. The number of aliphatic hydroxyl groups excluding tert-OH is 1. The molecule has 0 spiro atoms. The van der Waals surface area contributed by atoms with Crippen LogP contribution in [0.5, 0.6) is 0 Å². The second kappa shape index (κ2) is 6.82. The summed E-state index contributed by atoms with van der Waals surface area (Å²) in [5, 5.41) is 14.1. The molecule has 0 aliphatic heterocycles. The van der Waals surface area contributed by atoms with Crippen molar-refractivity contribution in [3.63, 3.8) is 0 Å². The van der Waals surface area contributed by atoms with Crippen LogP contribution in [0, 0.1) is 0 Å². The number of aliphatic hydroxyl groups is 1. The van der Waals surface area contributed by atoms with Crippen molar-refractivity contribution in [2.24, 2.45) is 0 Å². The Morgan fingerprint density at radius 1 is 1.56 bits per heavy atom. The minimum atomic E-state index is 0.000786. The summed E-state index contributed by atoms with van der Waals surface area (Å²) in [6, 6.07) is 0.561. The summed E-state index contributed by atoms with van der Waals surface area (Å²) < 4.78 is 0. The zero-order valence-corrected chi connectivity index (χ0v) is 11.2. The number of hydrogen-bond donors (Lipinski definition) is 2. The Bertz CT molecular complexity index is 365. The molecule has 0 unspecified atom stereocenters. The molecular weight excluding hydrogens is 250 g/mol. The average Bonchev–Trinajstić information content (AvgIpc) is 3.08. The fraction of sp³-hybridized carbons (Fsp3) is 0.667. The van der Waals surface area contributed by atoms with Crippen molar-refractivity contribution in [1.82, 2.24) is 9.88 Å². The van der Waals surface area contributed by atoms with Crippen LogP contribution in [0.15, 0.2) is 11.6 Å². The van der Waals surface area contributed by atoms with Crippen molar-refractivity contribution < 1.29 is 9.90 Å². The Hall–Kier alpha value is -0.980. The highest BCUT2D eigenvalue weighted by Gasteiger charge is 2.29. The monoisotopic (exact) mass is 269 g/mol. The lowest BCUT2D eigenvalue weighted by Crippen LogP contribution is -2.35. The number of hydrogen-bond acceptors (Lipinski definition) is 5. The number of carbonyl (C=O) groups is 1. The topological polar surface area (TPSA) is 65.5 Å². The van der Waals surface area contributed by atoms with Crippen LogP contribution in [0.3, 0.4) is 0 Å². The molecule has 2 rings (SSSR count). The second-order valence-corrected chi connectivity index (χ2v) is 5.41. The summed E-state index contributed by atoms with van der Waals surface area (Å²) >= 11 is 1.43. The molecule has 0 radical (unpaired) electrons. The summed E-state index contributed by atoms with van der Waals surface area (Å²) in [6.07, 6.45) is 5.79. The Kier molecular flexibility index (Phi) is 5.10. The van der Waals surface area contributed by atoms with Gasteiger partial charge in [0.2, 0.25) is 5.91 Å². The molecular formula is C12H19N3O2S. The molecule has 1 heterocycles. The molecule has 2 N–H and O–H groups in total. The maximum absolute atomic E-state index is 11.9. The van der Waals surface area contributed by atoms with Gasteiger partial charge in [-0.3, -0.25) is 9.69 Å². The van der Waals surface area contributed by atoms with Crippen molar-refractivity contribution in [1.29, 1.82) is 0 Å². The third-order valence-corrected chi connectivity index (χ3v) is 3.63. The summed E-state index contributed by atoms with van der Waals surface area (Å²) in [4.78, 5) is 18.1. The molecule has 0 aromatic carbocycles. The van der Waals surface area contributed by atoms with Crippen molar-refractivity contribution in [3.05, 3.63) is 11.6 Å². The minimum Gasteiger partial charge on any atom is -0.396 e. The zero-order valence-electron chi connectivity index (χ0n) is 10.3. The highest BCUT2D eigenvalue weighted by Crippen LogP contribution is 2.26. The summed E-state index contributed by atoms with van der Waals surface area (Å²) in [6.45, 7) is 1.54. The first-order valence-electron chi connectivity index (χ1n) is 6.34. The molecule has 1 aromatic heterocycles. The van der Waals surface area contributed by atoms with Crippen molar-refractivity contribution in [2.75, 3.05) is 25.0 Å². The number of nitrogens with one attached hydrogen (secondary N) is 1. The minimum absolute atomic E-state index is 0.000786. The predicted octanol–water partition coefficient (Wildman–Crippen LogP) is 1.32. The molecule has 18 heavy (non-hydrogen) atoms. The Morgan fingerprint density at radius 3 is 3.00 bits per heavy atom. The van der Waals surface area contributed by atoms with E-state index in [9.17, 15) is 4.79 Å². The van der Waals surface area contributed by atoms with Crippen LogP contribution >= 0.6 is 11.3 Å². The second-order valence-electron chi connectivity index (χ2n) is 4.52. The van der Waals surface area contributed by atoms with E-state index in [1.165, 1.54) is 24.2 Å². The number of nitrogens with zero attached hydrogens (tertiary/aromatic N) is 2. The molecule has 1 saturated carbocycles. The van der Waals surface area contributed by atoms with E-state index in [0.29, 0.717) is 17.7 Å². The third-order valence-electron chi connectivity index (χ3n) is 2.94. The first-order valence-corrected chi connectivity index (χ1v) is 7.22. The lowest BCUT2D eigenvalue weighted by atomic mass is 10.3. The van der Waals surface area contributed by atoms with Gasteiger partial charge < -0.3 is 10.4 Å². The van der Waals surface area contributed by atoms with Crippen molar-refractivity contribution in [3.8, 4) is 0 Å². The number of amides is 1. The molecule has 6 heteroatoms. The predicted molar refractivity (Wildman–Crippen MR) is 71.7 cm³/mol. The molecule has 0 bridgehead atoms. The summed E-state index contributed by atoms with van der Waals surface area (Å²) in [7, 11) is 0. The van der Waals surface area contributed by atoms with Gasteiger partial charge in [0.05, 0.1) is 6.54 Å². The van der Waals surface area contributed by atoms with Gasteiger partial charge in [0.1, 0.15) is 0 Å². The molecule has 1 aliphatic rings. The van der Waals surface area contributed by atoms with Gasteiger partial charge in [0.25, 0.3) is 0 Å². The maximum Gasteiger partial charge on any atom is 0.240 e. The highest BCUT2D eigenvalue weighted by atomic mass is 32.1. The molecule has 0 atom stereocenters. The average molecular weight is 269 g/mol. The normalized spacial score (nSPS) is 15.0. The standard InChI is InChI=1S/C12H19N3O2S/c16-7-2-1-6-15(10-3-4-10)9-11(17)14-12-13-5-8-18-12/h5,8,10,16H,1-4,6-7,9H2,(H,13,14,17). The fourth-order valence-corrected chi connectivity index (χ4v) is 2.43. The Morgan fingerprint density at radius 2 is 2.39 bits per heavy atom. The zero-order chi connectivity index (χ0) is 12.8. The van der Waals surface area contributed by atoms with Gasteiger partial charge in [-0.15, -0.1) is 11.3 Å². The molecule has 100 valence electrons. The number of thiazole rings is 1. The number of anilines is 1. The van der Waals surface area contributed by atoms with Crippen LogP contribution in [0.2, 0.25) is 0 Å². The van der Waals surface area contributed by atoms with E-state index in [2.05, 4.69) is 15.2 Å². The van der Waals surface area contributed by atoms with Crippen LogP contribution in [-0.2, 0) is 4.79 Å². The van der Waals surface area contributed by atoms with Crippen LogP contribution in [0.4, 0.5) is 5.13 Å². The van der Waals surface area contributed by atoms with Crippen LogP contribution in [-0.4, -0.2) is 46.6 Å². The quantitative estimate of drug-likeness (QED) is 0.699. The molecule has 1 aliphatic carbocycles. The van der Waals surface area contributed by atoms with Crippen LogP contribution in [0.1, 0.15) is 25.7 Å². The number of rotatable bonds is 8. The maximum atomic E-state index is 11.9.